The number of aromatic nitrogens is 4. The first kappa shape index (κ1) is 17.8. The molecule has 4 rings (SSSR count). The van der Waals surface area contributed by atoms with E-state index >= 15 is 0 Å². The Morgan fingerprint density at radius 2 is 2.30 bits per heavy atom. The molecule has 2 aromatic heterocycles. The van der Waals surface area contributed by atoms with Gasteiger partial charge in [0.15, 0.2) is 10.8 Å². The van der Waals surface area contributed by atoms with Crippen molar-refractivity contribution in [3.8, 4) is 11.4 Å². The van der Waals surface area contributed by atoms with E-state index < -0.39 is 5.60 Å². The molecule has 0 aliphatic carbocycles. The molecule has 0 spiro atoms. The van der Waals surface area contributed by atoms with Crippen molar-refractivity contribution in [2.75, 3.05) is 12.9 Å². The van der Waals surface area contributed by atoms with Crippen molar-refractivity contribution < 1.29 is 9.84 Å². The van der Waals surface area contributed by atoms with Gasteiger partial charge < -0.3 is 9.84 Å². The molecule has 0 bridgehead atoms. The molecule has 3 aromatic rings. The zero-order chi connectivity index (χ0) is 19.2. The quantitative estimate of drug-likeness (QED) is 0.413. The molecule has 140 valence electrons. The van der Waals surface area contributed by atoms with Crippen LogP contribution in [0.1, 0.15) is 18.9 Å². The zero-order valence-corrected chi connectivity index (χ0v) is 16.0. The first-order valence-electron chi connectivity index (χ1n) is 8.66. The highest BCUT2D eigenvalue weighted by Crippen LogP contribution is 2.40. The van der Waals surface area contributed by atoms with Crippen LogP contribution in [-0.4, -0.2) is 37.3 Å². The van der Waals surface area contributed by atoms with Gasteiger partial charge in [-0.15, -0.1) is 6.58 Å². The summed E-state index contributed by atoms with van der Waals surface area (Å²) in [6.07, 6.45) is 5.65. The van der Waals surface area contributed by atoms with Gasteiger partial charge in [-0.3, -0.25) is 4.79 Å². The molecule has 0 saturated carbocycles. The third-order valence-corrected chi connectivity index (χ3v) is 5.46. The summed E-state index contributed by atoms with van der Waals surface area (Å²) in [7, 11) is 0. The van der Waals surface area contributed by atoms with Gasteiger partial charge in [-0.2, -0.15) is 0 Å². The summed E-state index contributed by atoms with van der Waals surface area (Å²) in [6, 6.07) is 5.55. The van der Waals surface area contributed by atoms with Gasteiger partial charge in [-0.25, -0.2) is 19.3 Å². The highest BCUT2D eigenvalue weighted by Gasteiger charge is 2.37. The van der Waals surface area contributed by atoms with E-state index in [1.165, 1.54) is 11.8 Å². The van der Waals surface area contributed by atoms with Crippen molar-refractivity contribution in [1.29, 1.82) is 0 Å². The van der Waals surface area contributed by atoms with Crippen molar-refractivity contribution in [2.45, 2.75) is 30.6 Å². The molecule has 3 heterocycles. The summed E-state index contributed by atoms with van der Waals surface area (Å²) in [5.41, 5.74) is 0.768. The van der Waals surface area contributed by atoms with E-state index in [0.29, 0.717) is 34.9 Å². The fraction of sp³-hybridized carbons (Fsp3) is 0.316. The summed E-state index contributed by atoms with van der Waals surface area (Å²) in [6.45, 7) is 6.23. The molecule has 27 heavy (non-hydrogen) atoms. The molecule has 8 heteroatoms. The number of hydrogen-bond acceptors (Lipinski definition) is 6. The second-order valence-electron chi connectivity index (χ2n) is 6.44. The number of benzene rings is 1. The van der Waals surface area contributed by atoms with Crippen LogP contribution in [0.5, 0.6) is 5.75 Å². The first-order chi connectivity index (χ1) is 13.0. The molecular weight excluding hydrogens is 364 g/mol. The molecule has 0 amide bonds. The van der Waals surface area contributed by atoms with E-state index in [1.807, 2.05) is 31.4 Å². The molecule has 1 atom stereocenters. The van der Waals surface area contributed by atoms with Crippen LogP contribution >= 0.6 is 11.8 Å². The summed E-state index contributed by atoms with van der Waals surface area (Å²) in [4.78, 5) is 21.6. The van der Waals surface area contributed by atoms with Crippen molar-refractivity contribution in [2.24, 2.45) is 0 Å². The lowest BCUT2D eigenvalue weighted by Crippen LogP contribution is -2.26. The topological polar surface area (TPSA) is 82.2 Å². The minimum absolute atomic E-state index is 0.181. The molecule has 7 nitrogen and oxygen atoms in total. The minimum atomic E-state index is -1.03. The van der Waals surface area contributed by atoms with Gasteiger partial charge in [0, 0.05) is 11.8 Å². The Morgan fingerprint density at radius 1 is 1.48 bits per heavy atom. The molecular formula is C19H20N4O3S. The fourth-order valence-electron chi connectivity index (χ4n) is 3.37. The second kappa shape index (κ2) is 6.54. The predicted octanol–water partition coefficient (Wildman–Crippen LogP) is 2.48. The molecule has 1 aliphatic rings. The molecule has 1 unspecified atom stereocenters. The third kappa shape index (κ3) is 2.67. The van der Waals surface area contributed by atoms with Crippen LogP contribution in [0.2, 0.25) is 0 Å². The summed E-state index contributed by atoms with van der Waals surface area (Å²) in [5, 5.41) is 11.9. The van der Waals surface area contributed by atoms with Crippen molar-refractivity contribution in [3.05, 3.63) is 53.0 Å². The van der Waals surface area contributed by atoms with Crippen LogP contribution in [0, 0.1) is 0 Å². The third-order valence-electron chi connectivity index (χ3n) is 4.90. The highest BCUT2D eigenvalue weighted by molar-refractivity contribution is 7.98. The van der Waals surface area contributed by atoms with Gasteiger partial charge in [-0.1, -0.05) is 24.8 Å². The van der Waals surface area contributed by atoms with Gasteiger partial charge in [0.25, 0.3) is 5.56 Å². The number of ether oxygens (including phenoxy) is 1. The number of allylic oxidation sites excluding steroid dienone is 1. The van der Waals surface area contributed by atoms with E-state index in [9.17, 15) is 9.90 Å². The molecule has 1 aliphatic heterocycles. The van der Waals surface area contributed by atoms with Gasteiger partial charge in [0.1, 0.15) is 23.3 Å². The van der Waals surface area contributed by atoms with Crippen LogP contribution in [-0.2, 0) is 12.1 Å². The van der Waals surface area contributed by atoms with Crippen LogP contribution in [0.15, 0.2) is 47.0 Å². The van der Waals surface area contributed by atoms with E-state index in [0.717, 1.165) is 11.3 Å². The molecule has 0 saturated heterocycles. The molecule has 1 N–H and O–H groups in total. The molecule has 1 aromatic carbocycles. The maximum atomic E-state index is 12.9. The Bertz CT molecular complexity index is 1100. The van der Waals surface area contributed by atoms with Crippen LogP contribution in [0.3, 0.4) is 0 Å². The normalized spacial score (nSPS) is 18.5. The average Bonchev–Trinajstić information content (AvgIpc) is 3.17. The Hall–Kier alpha value is -2.58. The van der Waals surface area contributed by atoms with Gasteiger partial charge >= 0.3 is 0 Å². The summed E-state index contributed by atoms with van der Waals surface area (Å²) in [5.74, 6) is 0.664. The Kier molecular flexibility index (Phi) is 4.32. The van der Waals surface area contributed by atoms with Crippen molar-refractivity contribution >= 4 is 22.8 Å². The number of rotatable bonds is 5. The lowest BCUT2D eigenvalue weighted by Gasteiger charge is -2.19. The molecule has 0 radical (unpaired) electrons. The lowest BCUT2D eigenvalue weighted by molar-refractivity contribution is 0.0129. The Labute approximate surface area is 160 Å². The monoisotopic (exact) mass is 384 g/mol. The predicted molar refractivity (Wildman–Crippen MR) is 105 cm³/mol. The maximum absolute atomic E-state index is 12.9. The van der Waals surface area contributed by atoms with E-state index in [2.05, 4.69) is 16.5 Å². The first-order valence-corrected chi connectivity index (χ1v) is 9.88. The second-order valence-corrected chi connectivity index (χ2v) is 7.21. The number of thioether (sulfide) groups is 1. The lowest BCUT2D eigenvalue weighted by atomic mass is 9.93. The number of hydrogen-bond donors (Lipinski definition) is 1. The average molecular weight is 384 g/mol. The van der Waals surface area contributed by atoms with Crippen LogP contribution in [0.25, 0.3) is 16.7 Å². The summed E-state index contributed by atoms with van der Waals surface area (Å²) < 4.78 is 8.96. The highest BCUT2D eigenvalue weighted by atomic mass is 32.2. The zero-order valence-electron chi connectivity index (χ0n) is 15.2. The fourth-order valence-corrected chi connectivity index (χ4v) is 3.70. The van der Waals surface area contributed by atoms with E-state index in [4.69, 9.17) is 4.74 Å². The van der Waals surface area contributed by atoms with E-state index in [-0.39, 0.29) is 12.2 Å². The van der Waals surface area contributed by atoms with Gasteiger partial charge in [0.2, 0.25) is 0 Å². The van der Waals surface area contributed by atoms with Crippen molar-refractivity contribution in [1.82, 2.24) is 19.3 Å². The van der Waals surface area contributed by atoms with Gasteiger partial charge in [0.05, 0.1) is 12.2 Å². The summed E-state index contributed by atoms with van der Waals surface area (Å²) >= 11 is 1.41. The largest absolute Gasteiger partial charge is 0.490 e. The van der Waals surface area contributed by atoms with Crippen LogP contribution < -0.4 is 10.3 Å². The SMILES string of the molecule is C=CCn1c(=O)c2cnc(SC)nc2n1-c1ccc2c(c1)C(O)(CC)CO2. The minimum Gasteiger partial charge on any atom is -0.490 e. The van der Waals surface area contributed by atoms with E-state index in [1.54, 1.807) is 21.6 Å². The Morgan fingerprint density at radius 3 is 3.00 bits per heavy atom. The maximum Gasteiger partial charge on any atom is 0.278 e. The number of aliphatic hydroxyl groups is 1. The Balaban J connectivity index is 2.01. The number of fused-ring (bicyclic) bond motifs is 2. The molecule has 0 fully saturated rings. The number of nitrogens with zero attached hydrogens (tertiary/aromatic N) is 4. The van der Waals surface area contributed by atoms with Crippen molar-refractivity contribution in [3.63, 3.8) is 0 Å². The standard InChI is InChI=1S/C19H20N4O3S/c1-4-8-22-17(24)13-10-20-18(27-3)21-16(13)23(22)12-6-7-15-14(9-12)19(25,5-2)11-26-15/h4,6-7,9-10,25H,1,5,8,11H2,2-3H3. The van der Waals surface area contributed by atoms with Crippen LogP contribution in [0.4, 0.5) is 0 Å². The van der Waals surface area contributed by atoms with Gasteiger partial charge in [-0.05, 0) is 30.9 Å². The smallest absolute Gasteiger partial charge is 0.278 e.